The van der Waals surface area contributed by atoms with Gasteiger partial charge in [-0.3, -0.25) is 9.69 Å². The molecule has 2 bridgehead atoms. The Morgan fingerprint density at radius 1 is 1.43 bits per heavy atom. The molecule has 122 valence electrons. The molecule has 4 heteroatoms. The topological polar surface area (TPSA) is 52.6 Å². The third kappa shape index (κ3) is 2.01. The molecule has 5 rings (SSSR count). The van der Waals surface area contributed by atoms with Crippen molar-refractivity contribution < 1.29 is 9.90 Å². The standard InChI is InChI=1S/C19H24N2O2/c1-2-13-12-21-9-7-14(13)11-17(21)19(8-10-22)15-5-3-4-6-16(15)20-18(19)23/h2-6,13-14,17,22H,1,7-12H2,(H,20,23). The highest BCUT2D eigenvalue weighted by Gasteiger charge is 2.56. The van der Waals surface area contributed by atoms with Crippen LogP contribution in [-0.4, -0.2) is 41.7 Å². The van der Waals surface area contributed by atoms with E-state index in [9.17, 15) is 9.90 Å². The molecular weight excluding hydrogens is 288 g/mol. The number of benzene rings is 1. The molecule has 1 aromatic rings. The number of rotatable bonds is 4. The Balaban J connectivity index is 1.78. The van der Waals surface area contributed by atoms with Crippen molar-refractivity contribution in [3.8, 4) is 0 Å². The van der Waals surface area contributed by atoms with Crippen LogP contribution in [0.3, 0.4) is 0 Å². The quantitative estimate of drug-likeness (QED) is 0.838. The Kier molecular flexibility index (Phi) is 3.54. The SMILES string of the molecule is C=CC1CN2CCC1CC2C1(CCO)C(=O)Nc2ccccc21. The number of piperidine rings is 3. The molecule has 3 saturated heterocycles. The normalized spacial score (nSPS) is 38.2. The number of aliphatic hydroxyl groups is 1. The summed E-state index contributed by atoms with van der Waals surface area (Å²) in [7, 11) is 0. The first-order valence-electron chi connectivity index (χ1n) is 8.59. The van der Waals surface area contributed by atoms with Crippen molar-refractivity contribution in [2.45, 2.75) is 30.7 Å². The van der Waals surface area contributed by atoms with E-state index in [1.54, 1.807) is 0 Å². The van der Waals surface area contributed by atoms with Crippen LogP contribution in [0, 0.1) is 11.8 Å². The fourth-order valence-electron chi connectivity index (χ4n) is 5.11. The van der Waals surface area contributed by atoms with Gasteiger partial charge in [-0.05, 0) is 49.3 Å². The summed E-state index contributed by atoms with van der Waals surface area (Å²) in [5, 5.41) is 12.8. The number of nitrogens with zero attached hydrogens (tertiary/aromatic N) is 1. The summed E-state index contributed by atoms with van der Waals surface area (Å²) in [6.07, 6.45) is 4.76. The summed E-state index contributed by atoms with van der Waals surface area (Å²) in [6.45, 7) is 6.05. The van der Waals surface area contributed by atoms with Gasteiger partial charge in [-0.2, -0.15) is 0 Å². The lowest BCUT2D eigenvalue weighted by atomic mass is 9.63. The maximum Gasteiger partial charge on any atom is 0.236 e. The second-order valence-electron chi connectivity index (χ2n) is 7.14. The summed E-state index contributed by atoms with van der Waals surface area (Å²) in [6, 6.07) is 8.14. The first-order chi connectivity index (χ1) is 11.2. The average molecular weight is 312 g/mol. The first-order valence-corrected chi connectivity index (χ1v) is 8.59. The van der Waals surface area contributed by atoms with E-state index in [1.165, 1.54) is 6.42 Å². The van der Waals surface area contributed by atoms with E-state index < -0.39 is 5.41 Å². The van der Waals surface area contributed by atoms with Crippen molar-refractivity contribution in [3.05, 3.63) is 42.5 Å². The Bertz CT molecular complexity index is 644. The molecule has 23 heavy (non-hydrogen) atoms. The van der Waals surface area contributed by atoms with E-state index in [1.807, 2.05) is 18.2 Å². The molecule has 3 fully saturated rings. The molecule has 0 aromatic heterocycles. The van der Waals surface area contributed by atoms with Gasteiger partial charge in [-0.25, -0.2) is 0 Å². The smallest absolute Gasteiger partial charge is 0.236 e. The number of amides is 1. The maximum absolute atomic E-state index is 13.0. The number of para-hydroxylation sites is 1. The predicted octanol–water partition coefficient (Wildman–Crippen LogP) is 2.16. The minimum Gasteiger partial charge on any atom is -0.396 e. The minimum absolute atomic E-state index is 0.0294. The summed E-state index contributed by atoms with van der Waals surface area (Å²) in [5.41, 5.74) is 1.36. The molecule has 0 spiro atoms. The molecule has 4 heterocycles. The van der Waals surface area contributed by atoms with Crippen molar-refractivity contribution in [1.29, 1.82) is 0 Å². The van der Waals surface area contributed by atoms with Crippen molar-refractivity contribution >= 4 is 11.6 Å². The van der Waals surface area contributed by atoms with Crippen molar-refractivity contribution in [2.75, 3.05) is 25.0 Å². The number of aliphatic hydroxyl groups excluding tert-OH is 1. The predicted molar refractivity (Wildman–Crippen MR) is 90.2 cm³/mol. The molecule has 0 aliphatic carbocycles. The minimum atomic E-state index is -0.615. The second kappa shape index (κ2) is 5.46. The van der Waals surface area contributed by atoms with Crippen LogP contribution in [0.5, 0.6) is 0 Å². The van der Waals surface area contributed by atoms with E-state index >= 15 is 0 Å². The molecule has 5 unspecified atom stereocenters. The largest absolute Gasteiger partial charge is 0.396 e. The van der Waals surface area contributed by atoms with Gasteiger partial charge in [0.15, 0.2) is 0 Å². The fraction of sp³-hybridized carbons (Fsp3) is 0.526. The van der Waals surface area contributed by atoms with E-state index in [4.69, 9.17) is 0 Å². The first kappa shape index (κ1) is 14.9. The summed E-state index contributed by atoms with van der Waals surface area (Å²) < 4.78 is 0. The number of nitrogens with one attached hydrogen (secondary N) is 1. The zero-order chi connectivity index (χ0) is 16.0. The van der Waals surface area contributed by atoms with Crippen LogP contribution >= 0.6 is 0 Å². The number of anilines is 1. The highest BCUT2D eigenvalue weighted by molar-refractivity contribution is 6.07. The molecule has 5 atom stereocenters. The molecule has 2 N–H and O–H groups in total. The zero-order valence-corrected chi connectivity index (χ0v) is 13.4. The number of hydrogen-bond acceptors (Lipinski definition) is 3. The van der Waals surface area contributed by atoms with Gasteiger partial charge in [0.25, 0.3) is 0 Å². The molecular formula is C19H24N2O2. The van der Waals surface area contributed by atoms with Gasteiger partial charge in [0, 0.05) is 24.9 Å². The number of fused-ring (bicyclic) bond motifs is 4. The lowest BCUT2D eigenvalue weighted by Crippen LogP contribution is -2.62. The third-order valence-corrected chi connectivity index (χ3v) is 6.24. The average Bonchev–Trinajstić information content (AvgIpc) is 2.88. The molecule has 4 aliphatic heterocycles. The van der Waals surface area contributed by atoms with Crippen LogP contribution in [0.15, 0.2) is 36.9 Å². The lowest BCUT2D eigenvalue weighted by Gasteiger charge is -2.54. The van der Waals surface area contributed by atoms with E-state index in [2.05, 4.69) is 28.9 Å². The van der Waals surface area contributed by atoms with Crippen LogP contribution in [0.2, 0.25) is 0 Å². The number of hydrogen-bond donors (Lipinski definition) is 2. The van der Waals surface area contributed by atoms with E-state index in [0.29, 0.717) is 18.3 Å². The molecule has 0 radical (unpaired) electrons. The molecule has 1 amide bonds. The summed E-state index contributed by atoms with van der Waals surface area (Å²) in [4.78, 5) is 15.5. The second-order valence-corrected chi connectivity index (χ2v) is 7.14. The summed E-state index contributed by atoms with van der Waals surface area (Å²) >= 11 is 0. The molecule has 0 saturated carbocycles. The van der Waals surface area contributed by atoms with Crippen LogP contribution < -0.4 is 5.32 Å². The molecule has 4 aliphatic rings. The van der Waals surface area contributed by atoms with Crippen LogP contribution in [-0.2, 0) is 10.2 Å². The van der Waals surface area contributed by atoms with Crippen LogP contribution in [0.1, 0.15) is 24.8 Å². The van der Waals surface area contributed by atoms with Gasteiger partial charge < -0.3 is 10.4 Å². The Hall–Kier alpha value is -1.65. The molecule has 4 nitrogen and oxygen atoms in total. The van der Waals surface area contributed by atoms with Crippen LogP contribution in [0.25, 0.3) is 0 Å². The monoisotopic (exact) mass is 312 g/mol. The van der Waals surface area contributed by atoms with Crippen molar-refractivity contribution in [1.82, 2.24) is 4.90 Å². The molecule has 1 aromatic carbocycles. The van der Waals surface area contributed by atoms with Crippen molar-refractivity contribution in [3.63, 3.8) is 0 Å². The highest BCUT2D eigenvalue weighted by Crippen LogP contribution is 2.50. The van der Waals surface area contributed by atoms with E-state index in [0.717, 1.165) is 30.8 Å². The Labute approximate surface area is 137 Å². The summed E-state index contributed by atoms with van der Waals surface area (Å²) in [5.74, 6) is 1.20. The van der Waals surface area contributed by atoms with Gasteiger partial charge in [0.1, 0.15) is 0 Å². The lowest BCUT2D eigenvalue weighted by molar-refractivity contribution is -0.127. The number of carbonyl (C=O) groups excluding carboxylic acids is 1. The Morgan fingerprint density at radius 3 is 2.96 bits per heavy atom. The zero-order valence-electron chi connectivity index (χ0n) is 13.4. The fourth-order valence-corrected chi connectivity index (χ4v) is 5.11. The van der Waals surface area contributed by atoms with Crippen molar-refractivity contribution in [2.24, 2.45) is 11.8 Å². The van der Waals surface area contributed by atoms with Gasteiger partial charge in [0.05, 0.1) is 5.41 Å². The van der Waals surface area contributed by atoms with Gasteiger partial charge in [-0.1, -0.05) is 24.3 Å². The third-order valence-electron chi connectivity index (χ3n) is 6.24. The maximum atomic E-state index is 13.0. The van der Waals surface area contributed by atoms with Crippen LogP contribution in [0.4, 0.5) is 5.69 Å². The number of carbonyl (C=O) groups is 1. The highest BCUT2D eigenvalue weighted by atomic mass is 16.3. The van der Waals surface area contributed by atoms with E-state index in [-0.39, 0.29) is 18.6 Å². The van der Waals surface area contributed by atoms with Gasteiger partial charge in [0.2, 0.25) is 5.91 Å². The van der Waals surface area contributed by atoms with Gasteiger partial charge in [-0.15, -0.1) is 6.58 Å². The Morgan fingerprint density at radius 2 is 2.26 bits per heavy atom. The van der Waals surface area contributed by atoms with Gasteiger partial charge >= 0.3 is 0 Å².